The van der Waals surface area contributed by atoms with Gasteiger partial charge >= 0.3 is 5.97 Å². The standard InChI is InChI=1S/C15H18O4/c1-9-4-6-15(13(17)18-3)12(16)10-5-7-19-11(10)8-14(9,15)2/h5,7,9H,4,6,8H2,1-3H3/t9-,14+,15+/m1/s1. The van der Waals surface area contributed by atoms with Crippen LogP contribution in [0.15, 0.2) is 16.7 Å². The second-order valence-corrected chi connectivity index (χ2v) is 6.02. The van der Waals surface area contributed by atoms with Crippen molar-refractivity contribution in [2.24, 2.45) is 16.7 Å². The zero-order valence-corrected chi connectivity index (χ0v) is 11.5. The van der Waals surface area contributed by atoms with Crippen molar-refractivity contribution in [3.63, 3.8) is 0 Å². The molecular weight excluding hydrogens is 244 g/mol. The number of methoxy groups -OCH3 is 1. The molecule has 3 rings (SSSR count). The maximum atomic E-state index is 12.9. The molecule has 0 aliphatic heterocycles. The number of carbonyl (C=O) groups is 2. The van der Waals surface area contributed by atoms with E-state index < -0.39 is 16.8 Å². The van der Waals surface area contributed by atoms with Crippen LogP contribution >= 0.6 is 0 Å². The van der Waals surface area contributed by atoms with Gasteiger partial charge in [0.15, 0.2) is 5.78 Å². The third-order valence-electron chi connectivity index (χ3n) is 5.45. The molecule has 1 aromatic heterocycles. The minimum absolute atomic E-state index is 0.124. The van der Waals surface area contributed by atoms with Crippen LogP contribution in [0.4, 0.5) is 0 Å². The predicted octanol–water partition coefficient (Wildman–Crippen LogP) is 2.61. The minimum Gasteiger partial charge on any atom is -0.469 e. The van der Waals surface area contributed by atoms with Gasteiger partial charge in [-0.25, -0.2) is 0 Å². The molecule has 2 aliphatic carbocycles. The van der Waals surface area contributed by atoms with Crippen LogP contribution in [0.2, 0.25) is 0 Å². The third kappa shape index (κ3) is 1.24. The predicted molar refractivity (Wildman–Crippen MR) is 67.7 cm³/mol. The van der Waals surface area contributed by atoms with Crippen LogP contribution in [0.3, 0.4) is 0 Å². The minimum atomic E-state index is -1.03. The van der Waals surface area contributed by atoms with Crippen LogP contribution in [-0.4, -0.2) is 18.9 Å². The fourth-order valence-corrected chi connectivity index (χ4v) is 4.00. The van der Waals surface area contributed by atoms with Crippen LogP contribution < -0.4 is 0 Å². The Kier molecular flexibility index (Phi) is 2.43. The van der Waals surface area contributed by atoms with Gasteiger partial charge in [0.1, 0.15) is 11.2 Å². The normalized spacial score (nSPS) is 36.8. The van der Waals surface area contributed by atoms with Crippen LogP contribution in [0.5, 0.6) is 0 Å². The van der Waals surface area contributed by atoms with Crippen molar-refractivity contribution < 1.29 is 18.7 Å². The van der Waals surface area contributed by atoms with Crippen molar-refractivity contribution in [1.29, 1.82) is 0 Å². The fraction of sp³-hybridized carbons (Fsp3) is 0.600. The Labute approximate surface area is 112 Å². The summed E-state index contributed by atoms with van der Waals surface area (Å²) in [6.07, 6.45) is 3.59. The summed E-state index contributed by atoms with van der Waals surface area (Å²) in [6.45, 7) is 4.12. The summed E-state index contributed by atoms with van der Waals surface area (Å²) < 4.78 is 10.4. The number of furan rings is 1. The van der Waals surface area contributed by atoms with E-state index >= 15 is 0 Å². The first kappa shape index (κ1) is 12.5. The molecule has 19 heavy (non-hydrogen) atoms. The largest absolute Gasteiger partial charge is 0.469 e. The van der Waals surface area contributed by atoms with Crippen LogP contribution in [0, 0.1) is 16.7 Å². The van der Waals surface area contributed by atoms with Gasteiger partial charge in [-0.05, 0) is 24.8 Å². The number of Topliss-reactive ketones (excluding diaryl/α,β-unsaturated/α-hetero) is 1. The molecule has 0 saturated heterocycles. The van der Waals surface area contributed by atoms with E-state index in [1.165, 1.54) is 13.4 Å². The smallest absolute Gasteiger partial charge is 0.320 e. The summed E-state index contributed by atoms with van der Waals surface area (Å²) in [5, 5.41) is 0. The molecule has 0 amide bonds. The summed E-state index contributed by atoms with van der Waals surface area (Å²) in [5.41, 5.74) is -0.892. The van der Waals surface area contributed by atoms with Crippen molar-refractivity contribution in [3.8, 4) is 0 Å². The van der Waals surface area contributed by atoms with Crippen molar-refractivity contribution >= 4 is 11.8 Å². The highest BCUT2D eigenvalue weighted by Gasteiger charge is 2.67. The highest BCUT2D eigenvalue weighted by Crippen LogP contribution is 2.62. The van der Waals surface area contributed by atoms with E-state index in [2.05, 4.69) is 6.92 Å². The molecule has 0 aromatic carbocycles. The third-order valence-corrected chi connectivity index (χ3v) is 5.45. The maximum absolute atomic E-state index is 12.9. The Morgan fingerprint density at radius 2 is 2.26 bits per heavy atom. The molecule has 4 heteroatoms. The number of fused-ring (bicyclic) bond motifs is 2. The van der Waals surface area contributed by atoms with E-state index in [0.29, 0.717) is 24.2 Å². The topological polar surface area (TPSA) is 56.5 Å². The van der Waals surface area contributed by atoms with E-state index in [4.69, 9.17) is 9.15 Å². The maximum Gasteiger partial charge on any atom is 0.320 e. The molecule has 1 aromatic rings. The average Bonchev–Trinajstić information content (AvgIpc) is 2.94. The molecule has 0 N–H and O–H groups in total. The Bertz CT molecular complexity index is 558. The van der Waals surface area contributed by atoms with Gasteiger partial charge in [-0.2, -0.15) is 0 Å². The number of ether oxygens (including phenoxy) is 1. The molecule has 2 aliphatic rings. The lowest BCUT2D eigenvalue weighted by Gasteiger charge is -2.45. The van der Waals surface area contributed by atoms with Crippen LogP contribution in [0.1, 0.15) is 42.8 Å². The Balaban J connectivity index is 2.24. The molecule has 1 heterocycles. The SMILES string of the molecule is COC(=O)[C@@]12CC[C@@H](C)[C@]1(C)Cc1occc1C2=O. The summed E-state index contributed by atoms with van der Waals surface area (Å²) >= 11 is 0. The van der Waals surface area contributed by atoms with Gasteiger partial charge in [-0.3, -0.25) is 9.59 Å². The van der Waals surface area contributed by atoms with Crippen LogP contribution in [-0.2, 0) is 16.0 Å². The molecule has 1 saturated carbocycles. The molecular formula is C15H18O4. The molecule has 0 unspecified atom stereocenters. The number of carbonyl (C=O) groups excluding carboxylic acids is 2. The summed E-state index contributed by atoms with van der Waals surface area (Å²) in [6, 6.07) is 1.67. The summed E-state index contributed by atoms with van der Waals surface area (Å²) in [7, 11) is 1.36. The van der Waals surface area contributed by atoms with E-state index in [0.717, 1.165) is 6.42 Å². The lowest BCUT2D eigenvalue weighted by atomic mass is 9.55. The van der Waals surface area contributed by atoms with Gasteiger partial charge in [0, 0.05) is 11.8 Å². The van der Waals surface area contributed by atoms with Gasteiger partial charge in [0.05, 0.1) is 18.9 Å². The highest BCUT2D eigenvalue weighted by molar-refractivity contribution is 6.15. The van der Waals surface area contributed by atoms with Crippen molar-refractivity contribution in [2.45, 2.75) is 33.1 Å². The molecule has 4 nitrogen and oxygen atoms in total. The number of rotatable bonds is 1. The second kappa shape index (κ2) is 3.71. The van der Waals surface area contributed by atoms with E-state index in [1.807, 2.05) is 6.92 Å². The van der Waals surface area contributed by atoms with Crippen molar-refractivity contribution in [3.05, 3.63) is 23.7 Å². The summed E-state index contributed by atoms with van der Waals surface area (Å²) in [4.78, 5) is 25.3. The second-order valence-electron chi connectivity index (χ2n) is 6.02. The van der Waals surface area contributed by atoms with E-state index in [1.54, 1.807) is 6.07 Å². The Hall–Kier alpha value is -1.58. The monoisotopic (exact) mass is 262 g/mol. The van der Waals surface area contributed by atoms with Crippen LogP contribution in [0.25, 0.3) is 0 Å². The van der Waals surface area contributed by atoms with Gasteiger partial charge in [0.2, 0.25) is 0 Å². The molecule has 1 fully saturated rings. The van der Waals surface area contributed by atoms with E-state index in [9.17, 15) is 9.59 Å². The molecule has 0 spiro atoms. The number of hydrogen-bond acceptors (Lipinski definition) is 4. The quantitative estimate of drug-likeness (QED) is 0.576. The lowest BCUT2D eigenvalue weighted by Crippen LogP contribution is -2.54. The first-order chi connectivity index (χ1) is 8.97. The fourth-order valence-electron chi connectivity index (χ4n) is 4.00. The highest BCUT2D eigenvalue weighted by atomic mass is 16.5. The van der Waals surface area contributed by atoms with E-state index in [-0.39, 0.29) is 11.7 Å². The van der Waals surface area contributed by atoms with Crippen molar-refractivity contribution in [2.75, 3.05) is 7.11 Å². The van der Waals surface area contributed by atoms with Crippen molar-refractivity contribution in [1.82, 2.24) is 0 Å². The van der Waals surface area contributed by atoms with Gasteiger partial charge < -0.3 is 9.15 Å². The molecule has 102 valence electrons. The zero-order valence-electron chi connectivity index (χ0n) is 11.5. The number of ketones is 1. The van der Waals surface area contributed by atoms with Gasteiger partial charge in [-0.15, -0.1) is 0 Å². The van der Waals surface area contributed by atoms with Gasteiger partial charge in [-0.1, -0.05) is 13.8 Å². The lowest BCUT2D eigenvalue weighted by molar-refractivity contribution is -0.156. The zero-order chi connectivity index (χ0) is 13.8. The first-order valence-electron chi connectivity index (χ1n) is 6.67. The van der Waals surface area contributed by atoms with Gasteiger partial charge in [0.25, 0.3) is 0 Å². The number of hydrogen-bond donors (Lipinski definition) is 0. The molecule has 0 radical (unpaired) electrons. The average molecular weight is 262 g/mol. The Morgan fingerprint density at radius 3 is 2.95 bits per heavy atom. The molecule has 0 bridgehead atoms. The number of esters is 1. The Morgan fingerprint density at radius 1 is 1.53 bits per heavy atom. The first-order valence-corrected chi connectivity index (χ1v) is 6.67. The summed E-state index contributed by atoms with van der Waals surface area (Å²) in [5.74, 6) is 0.479. The molecule has 3 atom stereocenters.